The number of hydrogen-bond acceptors (Lipinski definition) is 2. The van der Waals surface area contributed by atoms with Gasteiger partial charge in [-0.3, -0.25) is 9.59 Å². The molecule has 0 heterocycles. The van der Waals surface area contributed by atoms with Crippen LogP contribution in [0.25, 0.3) is 0 Å². The van der Waals surface area contributed by atoms with E-state index in [9.17, 15) is 9.59 Å². The van der Waals surface area contributed by atoms with Crippen molar-refractivity contribution in [3.63, 3.8) is 0 Å². The average Bonchev–Trinajstić information content (AvgIpc) is 1.61. The zero-order chi connectivity index (χ0) is 6.57. The molecule has 0 fully saturated rings. The molecule has 0 saturated heterocycles. The van der Waals surface area contributed by atoms with Crippen molar-refractivity contribution in [1.29, 1.82) is 0 Å². The van der Waals surface area contributed by atoms with Crippen molar-refractivity contribution in [3.8, 4) is 0 Å². The van der Waals surface area contributed by atoms with Crippen molar-refractivity contribution in [2.75, 3.05) is 0 Å². The summed E-state index contributed by atoms with van der Waals surface area (Å²) in [5.74, 6) is -1.57. The number of aliphatic carboxylic acids is 1. The van der Waals surface area contributed by atoms with Crippen LogP contribution >= 0.6 is 0 Å². The van der Waals surface area contributed by atoms with Crippen LogP contribution in [0.15, 0.2) is 0 Å². The number of carboxylic acid groups (broad SMARTS) is 1. The van der Waals surface area contributed by atoms with Crippen LogP contribution < -0.4 is 5.73 Å². The average molecular weight is 117 g/mol. The van der Waals surface area contributed by atoms with Gasteiger partial charge >= 0.3 is 5.97 Å². The Morgan fingerprint density at radius 2 is 1.88 bits per heavy atom. The third-order valence-corrected chi connectivity index (χ3v) is 0.585. The van der Waals surface area contributed by atoms with E-state index in [-0.39, 0.29) is 12.8 Å². The van der Waals surface area contributed by atoms with E-state index in [2.05, 4.69) is 5.73 Å². The summed E-state index contributed by atoms with van der Waals surface area (Å²) in [7, 11) is 0. The van der Waals surface area contributed by atoms with Gasteiger partial charge in [0, 0.05) is 6.42 Å². The minimum atomic E-state index is -0.996. The van der Waals surface area contributed by atoms with Gasteiger partial charge < -0.3 is 10.8 Å². The second kappa shape index (κ2) is 3.01. The van der Waals surface area contributed by atoms with E-state index in [1.165, 1.54) is 0 Å². The molecule has 0 atom stereocenters. The molecule has 1 amide bonds. The van der Waals surface area contributed by atoms with Gasteiger partial charge in [0.25, 0.3) is 0 Å². The topological polar surface area (TPSA) is 80.4 Å². The highest BCUT2D eigenvalue weighted by molar-refractivity contribution is 5.79. The molecule has 0 aliphatic heterocycles. The fraction of sp³-hybridized carbons (Fsp3) is 0.500. The maximum Gasteiger partial charge on any atom is 0.303 e. The van der Waals surface area contributed by atoms with Crippen molar-refractivity contribution in [2.24, 2.45) is 5.73 Å². The minimum Gasteiger partial charge on any atom is -0.481 e. The van der Waals surface area contributed by atoms with Crippen LogP contribution in [0.3, 0.4) is 0 Å². The summed E-state index contributed by atoms with van der Waals surface area (Å²) >= 11 is 0. The largest absolute Gasteiger partial charge is 0.481 e. The lowest BCUT2D eigenvalue weighted by Gasteiger charge is -1.86. The van der Waals surface area contributed by atoms with Crippen molar-refractivity contribution in [1.82, 2.24) is 0 Å². The molecular formula is C4H7NO3. The lowest BCUT2D eigenvalue weighted by Crippen LogP contribution is -2.12. The molecule has 0 rings (SSSR count). The number of carboxylic acids is 1. The third-order valence-electron chi connectivity index (χ3n) is 0.585. The molecule has 0 unspecified atom stereocenters. The molecule has 0 spiro atoms. The summed E-state index contributed by atoms with van der Waals surface area (Å²) in [6.45, 7) is 0. The summed E-state index contributed by atoms with van der Waals surface area (Å²) in [5.41, 5.74) is 4.64. The van der Waals surface area contributed by atoms with E-state index in [1.807, 2.05) is 0 Å². The van der Waals surface area contributed by atoms with Crippen molar-refractivity contribution < 1.29 is 14.7 Å². The van der Waals surface area contributed by atoms with Crippen LogP contribution in [0.1, 0.15) is 12.8 Å². The first-order valence-electron chi connectivity index (χ1n) is 2.13. The Kier molecular flexibility index (Phi) is 2.61. The molecule has 4 nitrogen and oxygen atoms in total. The first-order chi connectivity index (χ1) is 3.63. The van der Waals surface area contributed by atoms with E-state index in [0.29, 0.717) is 0 Å². The van der Waals surface area contributed by atoms with E-state index in [4.69, 9.17) is 5.11 Å². The molecule has 4 heteroatoms. The molecule has 8 heavy (non-hydrogen) atoms. The third kappa shape index (κ3) is 4.94. The molecule has 0 aliphatic rings. The van der Waals surface area contributed by atoms with E-state index >= 15 is 0 Å². The number of rotatable bonds is 3. The molecule has 0 radical (unpaired) electrons. The number of primary amides is 1. The van der Waals surface area contributed by atoms with Crippen LogP contribution in [0, 0.1) is 0 Å². The van der Waals surface area contributed by atoms with Crippen LogP contribution in [0.5, 0.6) is 0 Å². The van der Waals surface area contributed by atoms with E-state index < -0.39 is 11.9 Å². The second-order valence-electron chi connectivity index (χ2n) is 1.36. The summed E-state index contributed by atoms with van der Waals surface area (Å²) in [6, 6.07) is 0. The van der Waals surface area contributed by atoms with Crippen LogP contribution in [-0.2, 0) is 9.59 Å². The number of nitrogens with two attached hydrogens (primary N) is 1. The highest BCUT2D eigenvalue weighted by atomic mass is 16.4. The molecule has 0 aromatic rings. The van der Waals surface area contributed by atoms with Gasteiger partial charge in [-0.1, -0.05) is 0 Å². The van der Waals surface area contributed by atoms with Crippen molar-refractivity contribution in [3.05, 3.63) is 0 Å². The Morgan fingerprint density at radius 1 is 1.38 bits per heavy atom. The molecule has 0 aliphatic carbocycles. The van der Waals surface area contributed by atoms with Gasteiger partial charge in [0.15, 0.2) is 0 Å². The van der Waals surface area contributed by atoms with Crippen molar-refractivity contribution >= 4 is 11.9 Å². The number of amides is 1. The second-order valence-corrected chi connectivity index (χ2v) is 1.36. The monoisotopic (exact) mass is 117 g/mol. The van der Waals surface area contributed by atoms with Gasteiger partial charge in [0.1, 0.15) is 0 Å². The maximum atomic E-state index is 9.86. The molecule has 0 aromatic heterocycles. The van der Waals surface area contributed by atoms with Gasteiger partial charge in [-0.2, -0.15) is 0 Å². The summed E-state index contributed by atoms with van der Waals surface area (Å²) in [5, 5.41) is 7.95. The van der Waals surface area contributed by atoms with Crippen molar-refractivity contribution in [2.45, 2.75) is 12.8 Å². The molecule has 46 valence electrons. The highest BCUT2D eigenvalue weighted by Crippen LogP contribution is 1.84. The standard InChI is InChI=1S/C4H7NO3/c5-3(6)1-2-4(7)8/h1-2H2,(H2,5,6)(H,7,8). The zero-order valence-electron chi connectivity index (χ0n) is 4.26. The first-order valence-corrected chi connectivity index (χ1v) is 2.13. The molecular weight excluding hydrogens is 110 g/mol. The molecule has 0 bridgehead atoms. The van der Waals surface area contributed by atoms with Gasteiger partial charge in [0.2, 0.25) is 5.91 Å². The zero-order valence-corrected chi connectivity index (χ0v) is 4.26. The van der Waals surface area contributed by atoms with Gasteiger partial charge in [-0.05, 0) is 0 Å². The Hall–Kier alpha value is -1.06. The van der Waals surface area contributed by atoms with Crippen LogP contribution in [-0.4, -0.2) is 17.0 Å². The SMILES string of the molecule is NC(=O)CCC(=O)O. The van der Waals surface area contributed by atoms with Crippen LogP contribution in [0.4, 0.5) is 0 Å². The smallest absolute Gasteiger partial charge is 0.303 e. The fourth-order valence-corrected chi connectivity index (χ4v) is 0.230. The predicted octanol–water partition coefficient (Wildman–Crippen LogP) is -0.664. The van der Waals surface area contributed by atoms with Gasteiger partial charge in [-0.15, -0.1) is 0 Å². The fourth-order valence-electron chi connectivity index (χ4n) is 0.230. The number of carbonyl (C=O) groups is 2. The molecule has 0 saturated carbocycles. The Balaban J connectivity index is 3.18. The molecule has 3 N–H and O–H groups in total. The Morgan fingerprint density at radius 3 is 2.00 bits per heavy atom. The van der Waals surface area contributed by atoms with Gasteiger partial charge in [0.05, 0.1) is 6.42 Å². The predicted molar refractivity (Wildman–Crippen MR) is 26.1 cm³/mol. The van der Waals surface area contributed by atoms with E-state index in [0.717, 1.165) is 0 Å². The Labute approximate surface area is 46.3 Å². The number of hydrogen-bond donors (Lipinski definition) is 2. The lowest BCUT2D eigenvalue weighted by molar-refractivity contribution is -0.138. The van der Waals surface area contributed by atoms with Crippen LogP contribution in [0.2, 0.25) is 0 Å². The quantitative estimate of drug-likeness (QED) is 0.514. The normalized spacial score (nSPS) is 8.50. The van der Waals surface area contributed by atoms with Gasteiger partial charge in [-0.25, -0.2) is 0 Å². The molecule has 0 aromatic carbocycles. The first kappa shape index (κ1) is 6.94. The van der Waals surface area contributed by atoms with E-state index in [1.54, 1.807) is 0 Å². The highest BCUT2D eigenvalue weighted by Gasteiger charge is 1.98. The maximum absolute atomic E-state index is 9.86. The number of carbonyl (C=O) groups excluding carboxylic acids is 1. The summed E-state index contributed by atoms with van der Waals surface area (Å²) in [4.78, 5) is 19.6. The minimum absolute atomic E-state index is 0.0741. The lowest BCUT2D eigenvalue weighted by atomic mass is 10.3. The Bertz CT molecular complexity index is 95.9. The summed E-state index contributed by atoms with van der Waals surface area (Å²) < 4.78 is 0. The summed E-state index contributed by atoms with van der Waals surface area (Å²) in [6.07, 6.45) is -0.245.